The van der Waals surface area contributed by atoms with Gasteiger partial charge in [0.1, 0.15) is 22.4 Å². The average molecular weight is 736 g/mol. The summed E-state index contributed by atoms with van der Waals surface area (Å²) in [4.78, 5) is 57.2. The lowest BCUT2D eigenvalue weighted by Crippen LogP contribution is -2.46. The maximum Gasteiger partial charge on any atom is 0.320 e. The minimum Gasteiger partial charge on any atom is -0.459 e. The molecule has 0 unspecified atom stereocenters. The zero-order valence-corrected chi connectivity index (χ0v) is 33.8. The number of carbonyl (C=O) groups excluding carboxylic acids is 4. The van der Waals surface area contributed by atoms with Gasteiger partial charge in [-0.15, -0.1) is 0 Å². The summed E-state index contributed by atoms with van der Waals surface area (Å²) < 4.78 is 33.8. The van der Waals surface area contributed by atoms with Crippen LogP contribution in [-0.4, -0.2) is 127 Å². The maximum atomic E-state index is 12.9. The average Bonchev–Trinajstić information content (AvgIpc) is 2.95. The second-order valence-electron chi connectivity index (χ2n) is 17.2. The fraction of sp³-hybridized carbons (Fsp3) is 0.744. The number of ether oxygens (including phenoxy) is 6. The lowest BCUT2D eigenvalue weighted by Gasteiger charge is -2.31. The van der Waals surface area contributed by atoms with Gasteiger partial charge in [-0.1, -0.05) is 24.3 Å². The van der Waals surface area contributed by atoms with E-state index in [1.165, 1.54) is 0 Å². The van der Waals surface area contributed by atoms with Crippen molar-refractivity contribution in [2.24, 2.45) is 0 Å². The Kier molecular flexibility index (Phi) is 17.2. The number of rotatable bonds is 17. The predicted molar refractivity (Wildman–Crippen MR) is 197 cm³/mol. The van der Waals surface area contributed by atoms with Crippen molar-refractivity contribution < 1.29 is 47.6 Å². The van der Waals surface area contributed by atoms with Crippen molar-refractivity contribution in [1.82, 2.24) is 14.7 Å². The summed E-state index contributed by atoms with van der Waals surface area (Å²) in [5.41, 5.74) is -0.815. The van der Waals surface area contributed by atoms with Crippen molar-refractivity contribution in [3.63, 3.8) is 0 Å². The van der Waals surface area contributed by atoms with E-state index in [1.54, 1.807) is 92.9 Å². The van der Waals surface area contributed by atoms with E-state index in [2.05, 4.69) is 4.90 Å². The Morgan fingerprint density at radius 2 is 0.846 bits per heavy atom. The third kappa shape index (κ3) is 20.8. The van der Waals surface area contributed by atoms with Crippen LogP contribution < -0.4 is 0 Å². The van der Waals surface area contributed by atoms with E-state index in [-0.39, 0.29) is 26.2 Å². The largest absolute Gasteiger partial charge is 0.459 e. The molecule has 2 rings (SSSR count). The van der Waals surface area contributed by atoms with Crippen molar-refractivity contribution in [3.8, 4) is 0 Å². The van der Waals surface area contributed by atoms with Gasteiger partial charge in [-0.25, -0.2) is 0 Å². The Morgan fingerprint density at radius 3 is 1.15 bits per heavy atom. The molecule has 0 saturated carbocycles. The molecule has 1 heterocycles. The second kappa shape index (κ2) is 19.8. The predicted octanol–water partition coefficient (Wildman–Crippen LogP) is 4.89. The van der Waals surface area contributed by atoms with Crippen LogP contribution in [0.15, 0.2) is 24.3 Å². The van der Waals surface area contributed by atoms with Crippen LogP contribution in [-0.2, 0) is 54.1 Å². The quantitative estimate of drug-likeness (QED) is 0.159. The molecule has 52 heavy (non-hydrogen) atoms. The zero-order valence-electron chi connectivity index (χ0n) is 33.8. The van der Waals surface area contributed by atoms with Crippen molar-refractivity contribution in [2.45, 2.75) is 125 Å². The molecule has 0 N–H and O–H groups in total. The minimum atomic E-state index is -0.688. The first-order valence-electron chi connectivity index (χ1n) is 18.2. The van der Waals surface area contributed by atoms with Crippen LogP contribution in [0.5, 0.6) is 0 Å². The van der Waals surface area contributed by atoms with E-state index in [4.69, 9.17) is 28.4 Å². The summed E-state index contributed by atoms with van der Waals surface area (Å²) in [7, 11) is 0. The summed E-state index contributed by atoms with van der Waals surface area (Å²) in [5, 5.41) is 0. The van der Waals surface area contributed by atoms with Crippen LogP contribution >= 0.6 is 0 Å². The highest BCUT2D eigenvalue weighted by Gasteiger charge is 2.27. The SMILES string of the molecule is CC(C)(C)OC(=O)CN(CCN(CCN(CC(=O)OC(C)(C)C)CC(=O)OC(C)(C)C)Cc1ccc(C2OCCCO2)cc1)CC(=O)OC(C)(C)C. The molecular formula is C39H65N3O10. The topological polar surface area (TPSA) is 133 Å². The number of hydrogen-bond acceptors (Lipinski definition) is 13. The number of nitrogens with zero attached hydrogens (tertiary/aromatic N) is 3. The molecule has 1 aromatic carbocycles. The van der Waals surface area contributed by atoms with Gasteiger partial charge in [-0.3, -0.25) is 33.9 Å². The fourth-order valence-corrected chi connectivity index (χ4v) is 5.21. The molecule has 1 aliphatic rings. The third-order valence-corrected chi connectivity index (χ3v) is 7.04. The van der Waals surface area contributed by atoms with Crippen LogP contribution in [0.2, 0.25) is 0 Å². The molecule has 1 aliphatic heterocycles. The van der Waals surface area contributed by atoms with E-state index >= 15 is 0 Å². The molecule has 1 saturated heterocycles. The first kappa shape index (κ1) is 45.1. The number of esters is 4. The molecule has 0 atom stereocenters. The Balaban J connectivity index is 2.32. The molecule has 0 aromatic heterocycles. The van der Waals surface area contributed by atoms with Gasteiger partial charge in [-0.2, -0.15) is 0 Å². The van der Waals surface area contributed by atoms with E-state index in [1.807, 2.05) is 24.3 Å². The highest BCUT2D eigenvalue weighted by molar-refractivity contribution is 5.76. The molecule has 0 spiro atoms. The molecule has 0 radical (unpaired) electrons. The fourth-order valence-electron chi connectivity index (χ4n) is 5.21. The Labute approximate surface area is 311 Å². The summed E-state index contributed by atoms with van der Waals surface area (Å²) in [6.07, 6.45) is 0.462. The standard InChI is InChI=1S/C39H65N3O10/c1-36(2,3)49-31(43)25-41(26-32(44)50-37(4,5)6)20-18-40(24-29-14-16-30(17-15-29)35-47-22-13-23-48-35)19-21-42(27-33(45)51-38(7,8)9)28-34(46)52-39(10,11)12/h14-17,35H,13,18-28H2,1-12H3. The second-order valence-corrected chi connectivity index (χ2v) is 17.2. The van der Waals surface area contributed by atoms with Crippen molar-refractivity contribution in [2.75, 3.05) is 65.6 Å². The van der Waals surface area contributed by atoms with Gasteiger partial charge in [0.05, 0.1) is 39.4 Å². The van der Waals surface area contributed by atoms with Crippen LogP contribution in [0.25, 0.3) is 0 Å². The summed E-state index contributed by atoms with van der Waals surface area (Å²) in [6, 6.07) is 8.00. The normalized spacial score (nSPS) is 14.8. The smallest absolute Gasteiger partial charge is 0.320 e. The van der Waals surface area contributed by atoms with Crippen LogP contribution in [0.4, 0.5) is 0 Å². The third-order valence-electron chi connectivity index (χ3n) is 7.04. The van der Waals surface area contributed by atoms with Crippen molar-refractivity contribution >= 4 is 23.9 Å². The van der Waals surface area contributed by atoms with E-state index in [9.17, 15) is 19.2 Å². The first-order valence-corrected chi connectivity index (χ1v) is 18.2. The number of benzene rings is 1. The highest BCUT2D eigenvalue weighted by atomic mass is 16.7. The van der Waals surface area contributed by atoms with E-state index in [0.717, 1.165) is 17.5 Å². The molecule has 296 valence electrons. The van der Waals surface area contributed by atoms with Crippen LogP contribution in [0.1, 0.15) is 107 Å². The molecule has 1 aromatic rings. The molecule has 0 aliphatic carbocycles. The van der Waals surface area contributed by atoms with Gasteiger partial charge in [-0.05, 0) is 95.1 Å². The highest BCUT2D eigenvalue weighted by Crippen LogP contribution is 2.23. The lowest BCUT2D eigenvalue weighted by molar-refractivity contribution is -0.183. The molecule has 0 bridgehead atoms. The summed E-state index contributed by atoms with van der Waals surface area (Å²) >= 11 is 0. The van der Waals surface area contributed by atoms with Crippen LogP contribution in [0, 0.1) is 0 Å². The molecule has 1 fully saturated rings. The Bertz CT molecular complexity index is 1160. The van der Waals surface area contributed by atoms with Gasteiger partial charge in [0.2, 0.25) is 0 Å². The zero-order chi connectivity index (χ0) is 39.3. The van der Waals surface area contributed by atoms with Gasteiger partial charge in [0.15, 0.2) is 6.29 Å². The van der Waals surface area contributed by atoms with Gasteiger partial charge in [0, 0.05) is 38.3 Å². The molecule has 13 nitrogen and oxygen atoms in total. The van der Waals surface area contributed by atoms with Crippen LogP contribution in [0.3, 0.4) is 0 Å². The lowest BCUT2D eigenvalue weighted by atomic mass is 10.1. The Morgan fingerprint density at radius 1 is 0.538 bits per heavy atom. The monoisotopic (exact) mass is 735 g/mol. The summed E-state index contributed by atoms with van der Waals surface area (Å²) in [6.45, 7) is 24.4. The van der Waals surface area contributed by atoms with Crippen molar-refractivity contribution in [1.29, 1.82) is 0 Å². The molecule has 0 amide bonds. The minimum absolute atomic E-state index is 0.107. The number of carbonyl (C=O) groups is 4. The molecule has 13 heteroatoms. The van der Waals surface area contributed by atoms with Crippen molar-refractivity contribution in [3.05, 3.63) is 35.4 Å². The molecular weight excluding hydrogens is 670 g/mol. The first-order chi connectivity index (χ1) is 23.9. The number of hydrogen-bond donors (Lipinski definition) is 0. The van der Waals surface area contributed by atoms with Gasteiger partial charge < -0.3 is 28.4 Å². The summed E-state index contributed by atoms with van der Waals surface area (Å²) in [5.74, 6) is -1.81. The van der Waals surface area contributed by atoms with Gasteiger partial charge >= 0.3 is 23.9 Å². The van der Waals surface area contributed by atoms with Gasteiger partial charge in [0.25, 0.3) is 0 Å². The van der Waals surface area contributed by atoms with E-state index < -0.39 is 52.6 Å². The Hall–Kier alpha value is -3.10. The van der Waals surface area contributed by atoms with E-state index in [0.29, 0.717) is 45.9 Å². The maximum absolute atomic E-state index is 12.9.